The second-order valence-corrected chi connectivity index (χ2v) is 24.8. The minimum absolute atomic E-state index is 0.156. The van der Waals surface area contributed by atoms with Crippen LogP contribution >= 0.6 is 23.5 Å². The predicted molar refractivity (Wildman–Crippen MR) is 286 cm³/mol. The molecule has 2 aromatic carbocycles. The predicted octanol–water partition coefficient (Wildman–Crippen LogP) is 5.03. The highest BCUT2D eigenvalue weighted by atomic mass is 32.2. The van der Waals surface area contributed by atoms with Crippen LogP contribution in [-0.4, -0.2) is 149 Å². The second-order valence-electron chi connectivity index (χ2n) is 22.2. The van der Waals surface area contributed by atoms with Crippen LogP contribution in [0.3, 0.4) is 0 Å². The molecular weight excluding hydrogens is 965 g/mol. The smallest absolute Gasteiger partial charge is 0.268 e. The highest BCUT2D eigenvalue weighted by molar-refractivity contribution is 8.00. The molecule has 0 saturated carbocycles. The molecule has 2 aliphatic carbocycles. The van der Waals surface area contributed by atoms with E-state index >= 15 is 0 Å². The van der Waals surface area contributed by atoms with E-state index < -0.39 is 47.1 Å². The minimum atomic E-state index is -0.756. The van der Waals surface area contributed by atoms with Gasteiger partial charge in [-0.1, -0.05) is 89.1 Å². The number of benzene rings is 2. The lowest BCUT2D eigenvalue weighted by Gasteiger charge is -2.35. The molecule has 4 fully saturated rings. The Morgan fingerprint density at radius 3 is 1.73 bits per heavy atom. The Kier molecular flexibility index (Phi) is 17.8. The van der Waals surface area contributed by atoms with Gasteiger partial charge in [-0.2, -0.15) is 0 Å². The molecule has 5 N–H and O–H groups in total. The van der Waals surface area contributed by atoms with Crippen molar-refractivity contribution in [1.29, 1.82) is 0 Å². The fourth-order valence-electron chi connectivity index (χ4n) is 11.8. The maximum Gasteiger partial charge on any atom is 0.268 e. The van der Waals surface area contributed by atoms with Gasteiger partial charge < -0.3 is 45.9 Å². The molecule has 4 saturated heterocycles. The number of nitrogens with zero attached hydrogens (tertiary/aromatic N) is 3. The number of fused-ring (bicyclic) bond motifs is 4. The van der Waals surface area contributed by atoms with Gasteiger partial charge in [0.1, 0.15) is 24.2 Å². The van der Waals surface area contributed by atoms with E-state index in [4.69, 9.17) is 9.47 Å². The largest absolute Gasteiger partial charge is 0.377 e. The number of hydrogen-bond acceptors (Lipinski definition) is 12. The van der Waals surface area contributed by atoms with Gasteiger partial charge in [0.15, 0.2) is 0 Å². The maximum absolute atomic E-state index is 14.6. The molecule has 0 radical (unpaired) electrons. The summed E-state index contributed by atoms with van der Waals surface area (Å²) >= 11 is 3.35. The van der Waals surface area contributed by atoms with E-state index in [9.17, 15) is 28.8 Å². The van der Waals surface area contributed by atoms with Crippen molar-refractivity contribution in [1.82, 2.24) is 36.4 Å². The van der Waals surface area contributed by atoms with Crippen molar-refractivity contribution >= 4 is 65.2 Å². The van der Waals surface area contributed by atoms with Crippen molar-refractivity contribution in [2.75, 3.05) is 38.8 Å². The van der Waals surface area contributed by atoms with Crippen molar-refractivity contribution in [3.8, 4) is 0 Å². The van der Waals surface area contributed by atoms with Crippen LogP contribution in [0.5, 0.6) is 0 Å². The van der Waals surface area contributed by atoms with Crippen LogP contribution in [0.2, 0.25) is 0 Å². The first-order chi connectivity index (χ1) is 34.9. The van der Waals surface area contributed by atoms with Crippen LogP contribution in [0.1, 0.15) is 127 Å². The van der Waals surface area contributed by atoms with E-state index in [1.165, 1.54) is 5.56 Å². The monoisotopic (exact) mass is 1040 g/mol. The van der Waals surface area contributed by atoms with Gasteiger partial charge in [0, 0.05) is 31.8 Å². The van der Waals surface area contributed by atoms with Crippen LogP contribution in [0.25, 0.3) is 0 Å². The SMILES string of the molecule is CN[C@@H](C)C(=O)N[C@H]1CCS[C@H]2CC(C)(C)[C@@H](C(=O)/N=C/C3c4ccccc4C[C@H]3OCCCCCCO[C@@H]3Cc4ccccc4[C@@H]3NC(=O)[C@H]3N4C(=O)[C@@H](NC(=O)[C@H](C)NC)CCS[C@H]4CC3(C)C)N2C1=O. The van der Waals surface area contributed by atoms with E-state index in [0.29, 0.717) is 63.2 Å². The topological polar surface area (TPSA) is 200 Å². The van der Waals surface area contributed by atoms with Gasteiger partial charge in [-0.05, 0) is 117 Å². The quantitative estimate of drug-likeness (QED) is 0.0931. The first-order valence-electron chi connectivity index (χ1n) is 26.5. The third-order valence-corrected chi connectivity index (χ3v) is 18.6. The minimum Gasteiger partial charge on any atom is -0.377 e. The normalized spacial score (nSPS) is 29.9. The summed E-state index contributed by atoms with van der Waals surface area (Å²) in [5.41, 5.74) is 3.45. The Morgan fingerprint density at radius 2 is 1.16 bits per heavy atom. The lowest BCUT2D eigenvalue weighted by molar-refractivity contribution is -0.144. The highest BCUT2D eigenvalue weighted by Gasteiger charge is 2.56. The molecule has 398 valence electrons. The number of carbonyl (C=O) groups excluding carboxylic acids is 6. The molecule has 18 heteroatoms. The van der Waals surface area contributed by atoms with Crippen molar-refractivity contribution in [3.63, 3.8) is 0 Å². The van der Waals surface area contributed by atoms with E-state index in [1.54, 1.807) is 67.5 Å². The number of rotatable bonds is 19. The summed E-state index contributed by atoms with van der Waals surface area (Å²) in [5, 5.41) is 14.8. The van der Waals surface area contributed by atoms with Gasteiger partial charge in [-0.15, -0.1) is 23.5 Å². The number of thioether (sulfide) groups is 2. The average Bonchev–Trinajstić information content (AvgIpc) is 4.01. The molecule has 4 heterocycles. The first kappa shape index (κ1) is 54.9. The van der Waals surface area contributed by atoms with Crippen molar-refractivity contribution < 1.29 is 38.2 Å². The Hall–Kier alpha value is -4.33. The van der Waals surface area contributed by atoms with Crippen LogP contribution < -0.4 is 26.6 Å². The van der Waals surface area contributed by atoms with Gasteiger partial charge in [0.2, 0.25) is 29.5 Å². The summed E-state index contributed by atoms with van der Waals surface area (Å²) in [6.45, 7) is 12.8. The molecule has 1 unspecified atom stereocenters. The summed E-state index contributed by atoms with van der Waals surface area (Å²) in [5.74, 6) is -0.289. The van der Waals surface area contributed by atoms with Gasteiger partial charge in [0.25, 0.3) is 5.91 Å². The molecule has 2 aromatic rings. The van der Waals surface area contributed by atoms with E-state index in [-0.39, 0.29) is 70.4 Å². The zero-order chi connectivity index (χ0) is 52.2. The molecule has 8 rings (SSSR count). The highest BCUT2D eigenvalue weighted by Crippen LogP contribution is 2.48. The fourth-order valence-corrected chi connectivity index (χ4v) is 15.0. The fraction of sp³-hybridized carbons (Fsp3) is 0.655. The maximum atomic E-state index is 14.6. The first-order valence-corrected chi connectivity index (χ1v) is 28.6. The molecule has 0 bridgehead atoms. The summed E-state index contributed by atoms with van der Waals surface area (Å²) in [6.07, 6.45) is 8.59. The second kappa shape index (κ2) is 23.7. The van der Waals surface area contributed by atoms with Crippen LogP contribution in [0.15, 0.2) is 53.5 Å². The van der Waals surface area contributed by atoms with E-state index in [0.717, 1.165) is 42.4 Å². The molecule has 0 aromatic heterocycles. The van der Waals surface area contributed by atoms with Crippen molar-refractivity contribution in [2.24, 2.45) is 15.8 Å². The lowest BCUT2D eigenvalue weighted by Crippen LogP contribution is -2.58. The molecule has 4 aliphatic heterocycles. The van der Waals surface area contributed by atoms with Gasteiger partial charge in [-0.25, -0.2) is 4.99 Å². The van der Waals surface area contributed by atoms with Crippen molar-refractivity contribution in [2.45, 2.75) is 177 Å². The summed E-state index contributed by atoms with van der Waals surface area (Å²) < 4.78 is 13.2. The Balaban J connectivity index is 0.834. The number of unbranched alkanes of at least 4 members (excludes halogenated alkanes) is 3. The van der Waals surface area contributed by atoms with Gasteiger partial charge in [-0.3, -0.25) is 28.8 Å². The summed E-state index contributed by atoms with van der Waals surface area (Å²) in [6, 6.07) is 12.2. The van der Waals surface area contributed by atoms with Crippen LogP contribution in [0, 0.1) is 10.8 Å². The van der Waals surface area contributed by atoms with E-state index in [1.807, 2.05) is 38.1 Å². The summed E-state index contributed by atoms with van der Waals surface area (Å²) in [4.78, 5) is 90.9. The summed E-state index contributed by atoms with van der Waals surface area (Å²) in [7, 11) is 3.41. The number of carbonyl (C=O) groups is 6. The average molecular weight is 1040 g/mol. The zero-order valence-electron chi connectivity index (χ0n) is 43.9. The van der Waals surface area contributed by atoms with Crippen LogP contribution in [-0.2, 0) is 51.1 Å². The standard InChI is InChI=1S/C55H78N8O8S2/c1-32(56-7)48(64)59-39-21-25-72-43-29-54(3,4)46(62(43)52(39)68)50(66)58-31-38-36-19-13-11-17-34(36)27-41(38)70-23-15-9-10-16-24-71-42-28-35-18-12-14-20-37(35)45(42)61-51(67)47-55(5,6)30-44-63(47)53(69)40(22-26-73-44)60-49(65)33(2)57-8/h11-14,17-20,31-33,38-47,56-57H,9-10,15-16,21-30H2,1-8H3,(H,59,64)(H,60,65)(H,61,67)/b58-31+/t32-,33-,38?,39-,40-,41+,42+,43-,44-,45-,46+,47+/m0/s1. The molecular formula is C55H78N8O8S2. The third kappa shape index (κ3) is 12.0. The number of amides is 6. The lowest BCUT2D eigenvalue weighted by atomic mass is 9.83. The van der Waals surface area contributed by atoms with E-state index in [2.05, 4.69) is 69.7 Å². The number of likely N-dealkylation sites (N-methyl/N-ethyl adjacent to an activating group) is 2. The molecule has 73 heavy (non-hydrogen) atoms. The number of ether oxygens (including phenoxy) is 2. The Bertz CT molecular complexity index is 2380. The molecule has 16 nitrogen and oxygen atoms in total. The molecule has 6 amide bonds. The molecule has 6 aliphatic rings. The van der Waals surface area contributed by atoms with Gasteiger partial charge >= 0.3 is 0 Å². The third-order valence-electron chi connectivity index (χ3n) is 16.1. The number of nitrogens with one attached hydrogen (secondary N) is 5. The Morgan fingerprint density at radius 1 is 0.685 bits per heavy atom. The number of hydrogen-bond donors (Lipinski definition) is 5. The molecule has 0 spiro atoms. The Labute approximate surface area is 440 Å². The van der Waals surface area contributed by atoms with Crippen molar-refractivity contribution in [3.05, 3.63) is 70.8 Å². The molecule has 12 atom stereocenters. The number of aliphatic imine (C=N–C) groups is 1. The van der Waals surface area contributed by atoms with Crippen LogP contribution in [0.4, 0.5) is 0 Å². The zero-order valence-corrected chi connectivity index (χ0v) is 45.6. The van der Waals surface area contributed by atoms with Gasteiger partial charge in [0.05, 0.1) is 41.1 Å².